The number of thioether (sulfide) groups is 1. The fourth-order valence-electron chi connectivity index (χ4n) is 3.71. The summed E-state index contributed by atoms with van der Waals surface area (Å²) in [6, 6.07) is 8.47. The lowest BCUT2D eigenvalue weighted by Crippen LogP contribution is -2.28. The topological polar surface area (TPSA) is 67.6 Å². The summed E-state index contributed by atoms with van der Waals surface area (Å²) in [5, 5.41) is 7.07. The number of hydrazone groups is 1. The van der Waals surface area contributed by atoms with E-state index in [9.17, 15) is 9.59 Å². The van der Waals surface area contributed by atoms with Gasteiger partial charge in [0.05, 0.1) is 0 Å². The molecule has 0 spiro atoms. The number of rotatable bonds is 2. The molecule has 0 atom stereocenters. The summed E-state index contributed by atoms with van der Waals surface area (Å²) in [6.07, 6.45) is 7.92. The van der Waals surface area contributed by atoms with Gasteiger partial charge < -0.3 is 0 Å². The van der Waals surface area contributed by atoms with Gasteiger partial charge in [-0.25, -0.2) is 4.98 Å². The lowest BCUT2D eigenvalue weighted by atomic mass is 9.84. The maximum absolute atomic E-state index is 12.1. The number of imidazole rings is 1. The summed E-state index contributed by atoms with van der Waals surface area (Å²) in [6.45, 7) is 2.92. The molecule has 1 aromatic heterocycles. The Bertz CT molecular complexity index is 911. The highest BCUT2D eigenvalue weighted by atomic mass is 32.2. The Labute approximate surface area is 162 Å². The van der Waals surface area contributed by atoms with Gasteiger partial charge in [0.1, 0.15) is 16.4 Å². The second kappa shape index (κ2) is 7.31. The quantitative estimate of drug-likeness (QED) is 0.771. The number of nitrogens with zero attached hydrogens (tertiary/aromatic N) is 4. The van der Waals surface area contributed by atoms with Crippen LogP contribution in [0.4, 0.5) is 5.82 Å². The van der Waals surface area contributed by atoms with E-state index in [0.717, 1.165) is 5.56 Å². The molecule has 2 aliphatic rings. The normalized spacial score (nSPS) is 17.4. The highest BCUT2D eigenvalue weighted by Crippen LogP contribution is 2.38. The van der Waals surface area contributed by atoms with Crippen LogP contribution >= 0.6 is 11.8 Å². The van der Waals surface area contributed by atoms with Crippen LogP contribution < -0.4 is 5.01 Å². The first-order chi connectivity index (χ1) is 13.0. The molecule has 7 heteroatoms. The lowest BCUT2D eigenvalue weighted by molar-refractivity contribution is -0.116. The molecule has 27 heavy (non-hydrogen) atoms. The molecular weight excluding hydrogens is 360 g/mol. The first-order valence-electron chi connectivity index (χ1n) is 9.30. The summed E-state index contributed by atoms with van der Waals surface area (Å²) in [4.78, 5) is 28.1. The third-order valence-corrected chi connectivity index (χ3v) is 6.25. The minimum atomic E-state index is -0.235. The molecule has 0 N–H and O–H groups in total. The van der Waals surface area contributed by atoms with Crippen LogP contribution in [0.1, 0.15) is 67.8 Å². The Morgan fingerprint density at radius 1 is 1.04 bits per heavy atom. The van der Waals surface area contributed by atoms with Crippen molar-refractivity contribution >= 4 is 34.4 Å². The van der Waals surface area contributed by atoms with Gasteiger partial charge in [-0.15, -0.1) is 0 Å². The molecule has 140 valence electrons. The number of amides is 1. The zero-order valence-corrected chi connectivity index (χ0v) is 16.3. The number of carbonyl (C=O) groups excluding carboxylic acids is 2. The van der Waals surface area contributed by atoms with Gasteiger partial charge in [-0.3, -0.25) is 14.2 Å². The molecule has 6 nitrogen and oxygen atoms in total. The van der Waals surface area contributed by atoms with E-state index in [1.54, 1.807) is 0 Å². The van der Waals surface area contributed by atoms with Crippen LogP contribution in [0, 0.1) is 0 Å². The van der Waals surface area contributed by atoms with Gasteiger partial charge in [0.25, 0.3) is 0 Å². The third-order valence-electron chi connectivity index (χ3n) is 5.16. The zero-order chi connectivity index (χ0) is 19.0. The fraction of sp³-hybridized carbons (Fsp3) is 0.400. The average molecular weight is 382 g/mol. The maximum Gasteiger partial charge on any atom is 0.245 e. The van der Waals surface area contributed by atoms with Crippen molar-refractivity contribution in [1.82, 2.24) is 9.55 Å². The highest BCUT2D eigenvalue weighted by molar-refractivity contribution is 8.14. The van der Waals surface area contributed by atoms with Crippen LogP contribution in [0.15, 0.2) is 40.7 Å². The van der Waals surface area contributed by atoms with Crippen LogP contribution in [0.25, 0.3) is 0 Å². The molecule has 1 fully saturated rings. The van der Waals surface area contributed by atoms with E-state index in [-0.39, 0.29) is 11.8 Å². The minimum absolute atomic E-state index is 0.145. The van der Waals surface area contributed by atoms with E-state index >= 15 is 0 Å². The van der Waals surface area contributed by atoms with Crippen molar-refractivity contribution in [3.05, 3.63) is 41.7 Å². The molecular formula is C20H22N4O2S. The van der Waals surface area contributed by atoms with Gasteiger partial charge in [-0.05, 0) is 36.1 Å². The van der Waals surface area contributed by atoms with E-state index < -0.39 is 0 Å². The van der Waals surface area contributed by atoms with Crippen molar-refractivity contribution in [2.45, 2.75) is 56.9 Å². The van der Waals surface area contributed by atoms with Gasteiger partial charge >= 0.3 is 0 Å². The zero-order valence-electron chi connectivity index (χ0n) is 15.5. The second-order valence-electron chi connectivity index (χ2n) is 7.06. The Balaban J connectivity index is 1.65. The average Bonchev–Trinajstić information content (AvgIpc) is 3.12. The summed E-state index contributed by atoms with van der Waals surface area (Å²) in [5.41, 5.74) is 2.31. The third kappa shape index (κ3) is 3.43. The molecule has 1 aliphatic carbocycles. The van der Waals surface area contributed by atoms with Gasteiger partial charge in [-0.2, -0.15) is 10.1 Å². The molecule has 0 bridgehead atoms. The van der Waals surface area contributed by atoms with Gasteiger partial charge in [-0.1, -0.05) is 43.5 Å². The molecule has 0 unspecified atom stereocenters. The van der Waals surface area contributed by atoms with E-state index in [1.807, 2.05) is 0 Å². The van der Waals surface area contributed by atoms with E-state index in [1.165, 1.54) is 79.2 Å². The minimum Gasteiger partial charge on any atom is -0.274 e. The Morgan fingerprint density at radius 3 is 2.37 bits per heavy atom. The molecule has 1 aromatic carbocycles. The van der Waals surface area contributed by atoms with Crippen LogP contribution in [-0.4, -0.2) is 26.4 Å². The lowest BCUT2D eigenvalue weighted by Gasteiger charge is -2.23. The molecule has 1 amide bonds. The molecule has 1 saturated carbocycles. The molecule has 2 heterocycles. The molecule has 1 aliphatic heterocycles. The van der Waals surface area contributed by atoms with Crippen molar-refractivity contribution in [3.8, 4) is 0 Å². The number of anilines is 1. The molecule has 2 aromatic rings. The number of fused-ring (bicyclic) bond motifs is 1. The molecule has 0 radical (unpaired) electrons. The van der Waals surface area contributed by atoms with Gasteiger partial charge in [0, 0.05) is 19.4 Å². The highest BCUT2D eigenvalue weighted by Gasteiger charge is 2.29. The smallest absolute Gasteiger partial charge is 0.245 e. The predicted octanol–water partition coefficient (Wildman–Crippen LogP) is 4.41. The Morgan fingerprint density at radius 2 is 1.74 bits per heavy atom. The summed E-state index contributed by atoms with van der Waals surface area (Å²) in [7, 11) is 0. The van der Waals surface area contributed by atoms with E-state index in [0.29, 0.717) is 21.8 Å². The largest absolute Gasteiger partial charge is 0.274 e. The van der Waals surface area contributed by atoms with E-state index in [4.69, 9.17) is 0 Å². The van der Waals surface area contributed by atoms with Crippen LogP contribution in [0.5, 0.6) is 0 Å². The predicted molar refractivity (Wildman–Crippen MR) is 106 cm³/mol. The molecule has 4 rings (SSSR count). The Hall–Kier alpha value is -2.41. The van der Waals surface area contributed by atoms with Crippen LogP contribution in [-0.2, 0) is 4.79 Å². The monoisotopic (exact) mass is 382 g/mol. The summed E-state index contributed by atoms with van der Waals surface area (Å²) >= 11 is 1.37. The first-order valence-corrected chi connectivity index (χ1v) is 10.1. The van der Waals surface area contributed by atoms with Crippen molar-refractivity contribution in [2.75, 3.05) is 5.01 Å². The Kier molecular flexibility index (Phi) is 4.86. The molecule has 0 saturated heterocycles. The second-order valence-corrected chi connectivity index (χ2v) is 8.03. The van der Waals surface area contributed by atoms with Crippen molar-refractivity contribution in [3.63, 3.8) is 0 Å². The van der Waals surface area contributed by atoms with Gasteiger partial charge in [0.15, 0.2) is 5.82 Å². The maximum atomic E-state index is 12.1. The van der Waals surface area contributed by atoms with Crippen molar-refractivity contribution in [1.29, 1.82) is 0 Å². The van der Waals surface area contributed by atoms with Crippen LogP contribution in [0.3, 0.4) is 0 Å². The number of benzene rings is 1. The fourth-order valence-corrected chi connectivity index (χ4v) is 4.78. The standard InChI is InChI=1S/C20H22N4O2S/c1-13(25)23-12-21-18-20(23)27-19(22-24(18)14(2)26)17-10-8-16(9-11-17)15-6-4-3-5-7-15/h8-12,15H,3-7H2,1-2H3. The number of hydrogen-bond acceptors (Lipinski definition) is 5. The van der Waals surface area contributed by atoms with Crippen molar-refractivity contribution in [2.24, 2.45) is 5.10 Å². The number of hydrogen-bond donors (Lipinski definition) is 0. The summed E-state index contributed by atoms with van der Waals surface area (Å²) in [5.74, 6) is 0.675. The van der Waals surface area contributed by atoms with Crippen LogP contribution in [0.2, 0.25) is 0 Å². The number of aromatic nitrogens is 2. The summed E-state index contributed by atoms with van der Waals surface area (Å²) < 4.78 is 1.46. The number of carbonyl (C=O) groups is 2. The van der Waals surface area contributed by atoms with Gasteiger partial charge in [0.2, 0.25) is 11.8 Å². The van der Waals surface area contributed by atoms with E-state index in [2.05, 4.69) is 34.4 Å². The first kappa shape index (κ1) is 18.0. The van der Waals surface area contributed by atoms with Crippen molar-refractivity contribution < 1.29 is 9.59 Å². The SMILES string of the molecule is CC(=O)N1N=C(c2ccc(C3CCCCC3)cc2)Sc2c1ncn2C(C)=O.